The summed E-state index contributed by atoms with van der Waals surface area (Å²) in [6.07, 6.45) is 1.09. The summed E-state index contributed by atoms with van der Waals surface area (Å²) in [5.74, 6) is -0.463. The predicted octanol–water partition coefficient (Wildman–Crippen LogP) is 4.75. The van der Waals surface area contributed by atoms with Crippen LogP contribution in [0, 0.1) is 0 Å². The number of aromatic nitrogens is 3. The molecule has 35 heavy (non-hydrogen) atoms. The first kappa shape index (κ1) is 24.9. The molecular weight excluding hydrogens is 459 g/mol. The average molecular weight is 488 g/mol. The van der Waals surface area contributed by atoms with Gasteiger partial charge < -0.3 is 16.2 Å². The lowest BCUT2D eigenvalue weighted by molar-refractivity contribution is -0.141. The molecule has 0 spiro atoms. The smallest absolute Gasteiger partial charge is 0.386 e. The van der Waals surface area contributed by atoms with Crippen LogP contribution in [-0.2, 0) is 11.8 Å². The number of nitrogens with one attached hydrogen (secondary N) is 1. The number of pyridine rings is 1. The van der Waals surface area contributed by atoms with Crippen molar-refractivity contribution in [1.82, 2.24) is 14.8 Å². The Morgan fingerprint density at radius 1 is 1.11 bits per heavy atom. The molecule has 4 N–H and O–H groups in total. The minimum atomic E-state index is -4.66. The van der Waals surface area contributed by atoms with Crippen LogP contribution in [-0.4, -0.2) is 31.8 Å². The Labute approximate surface area is 201 Å². The summed E-state index contributed by atoms with van der Waals surface area (Å²) in [5, 5.41) is 18.0. The number of anilines is 1. The Balaban J connectivity index is 1.59. The topological polar surface area (TPSA) is 106 Å². The summed E-state index contributed by atoms with van der Waals surface area (Å²) in [6.45, 7) is 3.12. The van der Waals surface area contributed by atoms with Crippen LogP contribution in [0.4, 0.5) is 18.9 Å². The summed E-state index contributed by atoms with van der Waals surface area (Å²) < 4.78 is 40.6. The number of nitrogens with two attached hydrogens (primary N) is 1. The van der Waals surface area contributed by atoms with Crippen LogP contribution in [0.5, 0.6) is 0 Å². The number of alkyl halides is 3. The molecule has 7 nitrogen and oxygen atoms in total. The van der Waals surface area contributed by atoms with E-state index in [9.17, 15) is 23.1 Å². The van der Waals surface area contributed by atoms with E-state index in [0.29, 0.717) is 17.2 Å². The number of carbonyl (C=O) groups excluding carboxylic acids is 1. The summed E-state index contributed by atoms with van der Waals surface area (Å²) in [7, 11) is 0. The molecule has 0 saturated heterocycles. The fraction of sp³-hybridized carbons (Fsp3) is 0.400. The molecule has 2 heterocycles. The van der Waals surface area contributed by atoms with Crippen molar-refractivity contribution >= 4 is 11.6 Å². The van der Waals surface area contributed by atoms with Crippen LogP contribution < -0.4 is 11.1 Å². The van der Waals surface area contributed by atoms with Gasteiger partial charge in [-0.2, -0.15) is 18.3 Å². The second kappa shape index (κ2) is 9.43. The molecule has 1 aliphatic carbocycles. The van der Waals surface area contributed by atoms with Crippen molar-refractivity contribution in [2.45, 2.75) is 63.3 Å². The van der Waals surface area contributed by atoms with Gasteiger partial charge in [0.1, 0.15) is 11.4 Å². The van der Waals surface area contributed by atoms with E-state index in [1.165, 1.54) is 6.07 Å². The van der Waals surface area contributed by atoms with Gasteiger partial charge in [0.15, 0.2) is 0 Å². The van der Waals surface area contributed by atoms with Crippen molar-refractivity contribution in [3.05, 3.63) is 71.3 Å². The van der Waals surface area contributed by atoms with Crippen molar-refractivity contribution in [3.8, 4) is 5.69 Å². The number of amides is 1. The van der Waals surface area contributed by atoms with Gasteiger partial charge in [-0.1, -0.05) is 6.07 Å². The lowest BCUT2D eigenvalue weighted by atomic mass is 9.85. The fourth-order valence-electron chi connectivity index (χ4n) is 4.31. The van der Waals surface area contributed by atoms with Crippen LogP contribution in [0.2, 0.25) is 0 Å². The molecule has 0 unspecified atom stereocenters. The van der Waals surface area contributed by atoms with Gasteiger partial charge in [-0.15, -0.1) is 0 Å². The van der Waals surface area contributed by atoms with E-state index in [1.54, 1.807) is 36.7 Å². The molecule has 2 aromatic heterocycles. The molecule has 1 saturated carbocycles. The van der Waals surface area contributed by atoms with E-state index < -0.39 is 23.4 Å². The standard InChI is InChI=1S/C25H28F3N5O2/c1-24(2,35)18-14-17(33-13-12-19(32-33)15-6-8-16(29)9-7-15)10-11-20(18)31-23(34)21-4-3-5-22(30-21)25(26,27)28/h3-5,10-16,35H,6-9,29H2,1-2H3,(H,31,34). The molecular formula is C25H28F3N5O2. The first-order chi connectivity index (χ1) is 16.4. The number of nitrogens with zero attached hydrogens (tertiary/aromatic N) is 3. The van der Waals surface area contributed by atoms with Crippen LogP contribution in [0.25, 0.3) is 5.69 Å². The zero-order valence-corrected chi connectivity index (χ0v) is 19.5. The van der Waals surface area contributed by atoms with Gasteiger partial charge in [0.25, 0.3) is 5.91 Å². The number of aliphatic hydroxyl groups is 1. The minimum absolute atomic E-state index is 0.247. The summed E-state index contributed by atoms with van der Waals surface area (Å²) >= 11 is 0. The molecule has 0 bridgehead atoms. The zero-order chi connectivity index (χ0) is 25.4. The Kier molecular flexibility index (Phi) is 6.70. The largest absolute Gasteiger partial charge is 0.433 e. The summed E-state index contributed by atoms with van der Waals surface area (Å²) in [4.78, 5) is 16.1. The van der Waals surface area contributed by atoms with Crippen molar-refractivity contribution < 1.29 is 23.1 Å². The molecule has 10 heteroatoms. The zero-order valence-electron chi connectivity index (χ0n) is 19.5. The second-order valence-corrected chi connectivity index (χ2v) is 9.45. The van der Waals surface area contributed by atoms with E-state index in [2.05, 4.69) is 10.3 Å². The summed E-state index contributed by atoms with van der Waals surface area (Å²) in [5.41, 5.74) is 5.43. The fourth-order valence-corrected chi connectivity index (χ4v) is 4.31. The molecule has 1 amide bonds. The Morgan fingerprint density at radius 2 is 1.83 bits per heavy atom. The number of hydrogen-bond acceptors (Lipinski definition) is 5. The average Bonchev–Trinajstić information content (AvgIpc) is 3.29. The Bertz CT molecular complexity index is 1210. The van der Waals surface area contributed by atoms with Gasteiger partial charge in [-0.05, 0) is 75.9 Å². The van der Waals surface area contributed by atoms with Gasteiger partial charge in [0.05, 0.1) is 17.0 Å². The lowest BCUT2D eigenvalue weighted by Crippen LogP contribution is -2.25. The highest BCUT2D eigenvalue weighted by Crippen LogP contribution is 2.33. The van der Waals surface area contributed by atoms with Crippen LogP contribution in [0.15, 0.2) is 48.7 Å². The number of hydrogen-bond donors (Lipinski definition) is 3. The molecule has 3 aromatic rings. The van der Waals surface area contributed by atoms with Gasteiger partial charge >= 0.3 is 6.18 Å². The van der Waals surface area contributed by atoms with Crippen molar-refractivity contribution in [3.63, 3.8) is 0 Å². The third-order valence-corrected chi connectivity index (χ3v) is 6.25. The normalized spacial score (nSPS) is 18.9. The molecule has 1 aromatic carbocycles. The van der Waals surface area contributed by atoms with E-state index in [-0.39, 0.29) is 17.4 Å². The van der Waals surface area contributed by atoms with E-state index in [4.69, 9.17) is 10.8 Å². The summed E-state index contributed by atoms with van der Waals surface area (Å²) in [6, 6.07) is 10.4. The van der Waals surface area contributed by atoms with Crippen molar-refractivity contribution in [2.24, 2.45) is 5.73 Å². The molecule has 0 radical (unpaired) electrons. The molecule has 1 aliphatic rings. The number of benzene rings is 1. The van der Waals surface area contributed by atoms with E-state index in [0.717, 1.165) is 43.5 Å². The van der Waals surface area contributed by atoms with Crippen LogP contribution >= 0.6 is 0 Å². The molecule has 186 valence electrons. The highest BCUT2D eigenvalue weighted by Gasteiger charge is 2.33. The Hall–Kier alpha value is -3.24. The van der Waals surface area contributed by atoms with E-state index >= 15 is 0 Å². The molecule has 1 fully saturated rings. The highest BCUT2D eigenvalue weighted by atomic mass is 19.4. The third-order valence-electron chi connectivity index (χ3n) is 6.25. The minimum Gasteiger partial charge on any atom is -0.386 e. The Morgan fingerprint density at radius 3 is 2.49 bits per heavy atom. The maximum Gasteiger partial charge on any atom is 0.433 e. The van der Waals surface area contributed by atoms with Gasteiger partial charge in [0.2, 0.25) is 0 Å². The van der Waals surface area contributed by atoms with Gasteiger partial charge in [-0.3, -0.25) is 4.79 Å². The number of carbonyl (C=O) groups is 1. The first-order valence-corrected chi connectivity index (χ1v) is 11.5. The SMILES string of the molecule is CC(C)(O)c1cc(-n2ccc(C3CCC(N)CC3)n2)ccc1NC(=O)c1cccc(C(F)(F)F)n1. The van der Waals surface area contributed by atoms with Crippen molar-refractivity contribution in [1.29, 1.82) is 0 Å². The van der Waals surface area contributed by atoms with E-state index in [1.807, 2.05) is 12.3 Å². The predicted molar refractivity (Wildman–Crippen MR) is 125 cm³/mol. The van der Waals surface area contributed by atoms with Gasteiger partial charge in [-0.25, -0.2) is 9.67 Å². The van der Waals surface area contributed by atoms with Crippen LogP contribution in [0.3, 0.4) is 0 Å². The molecule has 0 aliphatic heterocycles. The maximum absolute atomic E-state index is 13.0. The monoisotopic (exact) mass is 487 g/mol. The quantitative estimate of drug-likeness (QED) is 0.482. The highest BCUT2D eigenvalue weighted by molar-refractivity contribution is 6.03. The maximum atomic E-state index is 13.0. The second-order valence-electron chi connectivity index (χ2n) is 9.45. The number of halogens is 3. The van der Waals surface area contributed by atoms with Crippen LogP contribution in [0.1, 0.15) is 72.9 Å². The van der Waals surface area contributed by atoms with Gasteiger partial charge in [0, 0.05) is 29.4 Å². The lowest BCUT2D eigenvalue weighted by Gasteiger charge is -2.24. The van der Waals surface area contributed by atoms with Crippen molar-refractivity contribution in [2.75, 3.05) is 5.32 Å². The molecule has 4 rings (SSSR count). The first-order valence-electron chi connectivity index (χ1n) is 11.5. The number of rotatable bonds is 5. The third kappa shape index (κ3) is 5.71. The molecule has 0 atom stereocenters.